The maximum absolute atomic E-state index is 12.5. The Hall–Kier alpha value is -3.43. The summed E-state index contributed by atoms with van der Waals surface area (Å²) in [6, 6.07) is 6.78. The van der Waals surface area contributed by atoms with E-state index in [4.69, 9.17) is 10.1 Å². The number of carbonyl (C=O) groups is 2. The lowest BCUT2D eigenvalue weighted by atomic mass is 10.1. The molecule has 1 aromatic carbocycles. The molecule has 1 saturated heterocycles. The Morgan fingerprint density at radius 3 is 2.36 bits per heavy atom. The highest BCUT2D eigenvalue weighted by molar-refractivity contribution is 6.05. The van der Waals surface area contributed by atoms with Crippen LogP contribution in [0.25, 0.3) is 0 Å². The molecule has 0 bridgehead atoms. The van der Waals surface area contributed by atoms with E-state index in [1.807, 2.05) is 4.90 Å². The third kappa shape index (κ3) is 4.45. The number of carbonyl (C=O) groups excluding carboxylic acids is 2. The Morgan fingerprint density at radius 1 is 1.11 bits per heavy atom. The molecule has 28 heavy (non-hydrogen) atoms. The van der Waals surface area contributed by atoms with Crippen molar-refractivity contribution in [3.63, 3.8) is 0 Å². The van der Waals surface area contributed by atoms with Crippen molar-refractivity contribution in [1.82, 2.24) is 25.5 Å². The van der Waals surface area contributed by atoms with Crippen molar-refractivity contribution in [2.24, 2.45) is 0 Å². The molecular weight excluding hydrogens is 362 g/mol. The second kappa shape index (κ2) is 8.51. The monoisotopic (exact) mass is 383 g/mol. The SMILES string of the molecule is CC(=O)OC(C)c1nnnnc1NC(=O)c1ccc(C(=N)N2CCCC2)cc1. The molecule has 1 aromatic heterocycles. The van der Waals surface area contributed by atoms with Gasteiger partial charge in [-0.1, -0.05) is 12.1 Å². The number of esters is 1. The Labute approximate surface area is 161 Å². The number of rotatable bonds is 5. The third-order valence-corrected chi connectivity index (χ3v) is 4.38. The number of nitrogens with one attached hydrogen (secondary N) is 2. The number of amides is 1. The topological polar surface area (TPSA) is 134 Å². The first kappa shape index (κ1) is 19.3. The largest absolute Gasteiger partial charge is 0.456 e. The minimum absolute atomic E-state index is 0.0719. The maximum atomic E-state index is 12.5. The van der Waals surface area contributed by atoms with Gasteiger partial charge in [0.15, 0.2) is 5.82 Å². The molecule has 2 N–H and O–H groups in total. The predicted molar refractivity (Wildman–Crippen MR) is 99.8 cm³/mol. The number of hydrogen-bond acceptors (Lipinski definition) is 8. The van der Waals surface area contributed by atoms with Crippen LogP contribution in [-0.4, -0.2) is 56.3 Å². The van der Waals surface area contributed by atoms with E-state index in [2.05, 4.69) is 25.9 Å². The highest BCUT2D eigenvalue weighted by Gasteiger charge is 2.20. The standard InChI is InChI=1S/C18H21N7O3/c1-11(28-12(2)26)15-17(22-24-23-21-15)20-18(27)14-7-5-13(6-8-14)16(19)25-9-3-4-10-25/h5-8,11,19H,3-4,9-10H2,1-2H3,(H,20,22,23,27). The van der Waals surface area contributed by atoms with Crippen LogP contribution in [-0.2, 0) is 9.53 Å². The number of benzene rings is 1. The van der Waals surface area contributed by atoms with Crippen LogP contribution in [0.4, 0.5) is 5.82 Å². The zero-order valence-corrected chi connectivity index (χ0v) is 15.7. The number of hydrogen-bond donors (Lipinski definition) is 2. The lowest BCUT2D eigenvalue weighted by Crippen LogP contribution is -2.27. The zero-order valence-electron chi connectivity index (χ0n) is 15.7. The van der Waals surface area contributed by atoms with Gasteiger partial charge in [-0.2, -0.15) is 0 Å². The quantitative estimate of drug-likeness (QED) is 0.451. The van der Waals surface area contributed by atoms with Gasteiger partial charge in [0.2, 0.25) is 0 Å². The fraction of sp³-hybridized carbons (Fsp3) is 0.389. The summed E-state index contributed by atoms with van der Waals surface area (Å²) in [5.41, 5.74) is 1.35. The smallest absolute Gasteiger partial charge is 0.303 e. The van der Waals surface area contributed by atoms with E-state index < -0.39 is 18.0 Å². The number of anilines is 1. The number of likely N-dealkylation sites (tertiary alicyclic amines) is 1. The van der Waals surface area contributed by atoms with Gasteiger partial charge in [0.1, 0.15) is 17.6 Å². The number of aromatic nitrogens is 4. The lowest BCUT2D eigenvalue weighted by molar-refractivity contribution is -0.146. The van der Waals surface area contributed by atoms with Crippen molar-refractivity contribution in [2.45, 2.75) is 32.8 Å². The first-order valence-corrected chi connectivity index (χ1v) is 8.94. The molecule has 1 unspecified atom stereocenters. The second-order valence-corrected chi connectivity index (χ2v) is 6.44. The molecular formula is C18H21N7O3. The fourth-order valence-electron chi connectivity index (χ4n) is 2.98. The zero-order chi connectivity index (χ0) is 20.1. The molecule has 1 fully saturated rings. The molecule has 10 nitrogen and oxygen atoms in total. The molecule has 0 radical (unpaired) electrons. The van der Waals surface area contributed by atoms with Crippen LogP contribution in [0.15, 0.2) is 24.3 Å². The Kier molecular flexibility index (Phi) is 5.87. The average Bonchev–Trinajstić information content (AvgIpc) is 3.22. The first-order chi connectivity index (χ1) is 13.5. The summed E-state index contributed by atoms with van der Waals surface area (Å²) in [7, 11) is 0. The maximum Gasteiger partial charge on any atom is 0.303 e. The summed E-state index contributed by atoms with van der Waals surface area (Å²) in [6.07, 6.45) is 1.45. The Balaban J connectivity index is 1.71. The highest BCUT2D eigenvalue weighted by atomic mass is 16.5. The summed E-state index contributed by atoms with van der Waals surface area (Å²) in [5, 5.41) is 25.3. The van der Waals surface area contributed by atoms with Crippen LogP contribution >= 0.6 is 0 Å². The number of ether oxygens (including phenoxy) is 1. The van der Waals surface area contributed by atoms with Crippen LogP contribution in [0.1, 0.15) is 54.4 Å². The van der Waals surface area contributed by atoms with E-state index >= 15 is 0 Å². The number of amidine groups is 1. The lowest BCUT2D eigenvalue weighted by Gasteiger charge is -2.18. The summed E-state index contributed by atoms with van der Waals surface area (Å²) in [6.45, 7) is 4.65. The second-order valence-electron chi connectivity index (χ2n) is 6.44. The molecule has 10 heteroatoms. The summed E-state index contributed by atoms with van der Waals surface area (Å²) in [5.74, 6) is -0.369. The molecule has 3 rings (SSSR count). The van der Waals surface area contributed by atoms with Gasteiger partial charge in [0.25, 0.3) is 5.91 Å². The van der Waals surface area contributed by atoms with Gasteiger partial charge in [-0.05, 0) is 42.3 Å². The van der Waals surface area contributed by atoms with Crippen LogP contribution < -0.4 is 5.32 Å². The summed E-state index contributed by atoms with van der Waals surface area (Å²) >= 11 is 0. The molecule has 146 valence electrons. The molecule has 1 aliphatic rings. The van der Waals surface area contributed by atoms with Crippen molar-refractivity contribution >= 4 is 23.5 Å². The van der Waals surface area contributed by atoms with Gasteiger partial charge in [-0.15, -0.1) is 10.2 Å². The van der Waals surface area contributed by atoms with Crippen molar-refractivity contribution in [3.8, 4) is 0 Å². The normalized spacial score (nSPS) is 14.4. The average molecular weight is 383 g/mol. The van der Waals surface area contributed by atoms with Crippen LogP contribution in [0.3, 0.4) is 0 Å². The van der Waals surface area contributed by atoms with Crippen LogP contribution in [0.5, 0.6) is 0 Å². The van der Waals surface area contributed by atoms with Crippen molar-refractivity contribution in [3.05, 3.63) is 41.1 Å². The van der Waals surface area contributed by atoms with Crippen molar-refractivity contribution in [1.29, 1.82) is 5.41 Å². The van der Waals surface area contributed by atoms with E-state index in [-0.39, 0.29) is 11.5 Å². The van der Waals surface area contributed by atoms with Gasteiger partial charge < -0.3 is 15.0 Å². The van der Waals surface area contributed by atoms with E-state index in [1.54, 1.807) is 31.2 Å². The molecule has 2 aromatic rings. The first-order valence-electron chi connectivity index (χ1n) is 8.94. The van der Waals surface area contributed by atoms with Gasteiger partial charge in [0, 0.05) is 31.1 Å². The predicted octanol–water partition coefficient (Wildman–Crippen LogP) is 1.56. The fourth-order valence-corrected chi connectivity index (χ4v) is 2.98. The molecule has 2 heterocycles. The van der Waals surface area contributed by atoms with E-state index in [0.29, 0.717) is 11.4 Å². The highest BCUT2D eigenvalue weighted by Crippen LogP contribution is 2.21. The van der Waals surface area contributed by atoms with Gasteiger partial charge >= 0.3 is 5.97 Å². The summed E-state index contributed by atoms with van der Waals surface area (Å²) < 4.78 is 5.07. The molecule has 0 spiro atoms. The molecule has 0 aliphatic carbocycles. The third-order valence-electron chi connectivity index (χ3n) is 4.38. The van der Waals surface area contributed by atoms with E-state index in [9.17, 15) is 9.59 Å². The molecule has 1 aliphatic heterocycles. The van der Waals surface area contributed by atoms with Crippen LogP contribution in [0, 0.1) is 5.41 Å². The van der Waals surface area contributed by atoms with Gasteiger partial charge in [-0.3, -0.25) is 15.0 Å². The Morgan fingerprint density at radius 2 is 1.71 bits per heavy atom. The Bertz CT molecular complexity index is 879. The molecule has 1 atom stereocenters. The van der Waals surface area contributed by atoms with Crippen molar-refractivity contribution in [2.75, 3.05) is 18.4 Å². The van der Waals surface area contributed by atoms with Crippen molar-refractivity contribution < 1.29 is 14.3 Å². The molecule has 0 saturated carbocycles. The minimum Gasteiger partial charge on any atom is -0.456 e. The van der Waals surface area contributed by atoms with Gasteiger partial charge in [-0.25, -0.2) is 0 Å². The van der Waals surface area contributed by atoms with Crippen LogP contribution in [0.2, 0.25) is 0 Å². The minimum atomic E-state index is -0.737. The van der Waals surface area contributed by atoms with Gasteiger partial charge in [0.05, 0.1) is 0 Å². The molecule has 1 amide bonds. The van der Waals surface area contributed by atoms with E-state index in [0.717, 1.165) is 31.5 Å². The number of nitrogens with zero attached hydrogens (tertiary/aromatic N) is 5. The summed E-state index contributed by atoms with van der Waals surface area (Å²) in [4.78, 5) is 25.7. The van der Waals surface area contributed by atoms with E-state index in [1.165, 1.54) is 6.92 Å².